The summed E-state index contributed by atoms with van der Waals surface area (Å²) in [4.78, 5) is 10.9. The standard InChI is InChI=1S/C11H12F2N2O/c1-6-9(5-16)11(15-14-6)8-4-7(12)2-3-10(8)13/h2-6,9,11,14-15H,1H3. The van der Waals surface area contributed by atoms with Gasteiger partial charge in [0.05, 0.1) is 12.0 Å². The van der Waals surface area contributed by atoms with Gasteiger partial charge in [0.15, 0.2) is 0 Å². The molecule has 3 unspecified atom stereocenters. The number of hydrazine groups is 1. The van der Waals surface area contributed by atoms with E-state index in [0.717, 1.165) is 24.5 Å². The second kappa shape index (κ2) is 4.27. The van der Waals surface area contributed by atoms with Crippen molar-refractivity contribution in [1.82, 2.24) is 10.9 Å². The van der Waals surface area contributed by atoms with Gasteiger partial charge in [-0.25, -0.2) is 14.2 Å². The minimum atomic E-state index is -0.525. The molecule has 2 N–H and O–H groups in total. The van der Waals surface area contributed by atoms with E-state index in [-0.39, 0.29) is 11.6 Å². The molecule has 0 aromatic heterocycles. The van der Waals surface area contributed by atoms with E-state index >= 15 is 0 Å². The molecule has 5 heteroatoms. The lowest BCUT2D eigenvalue weighted by atomic mass is 9.91. The van der Waals surface area contributed by atoms with E-state index in [1.807, 2.05) is 6.92 Å². The molecule has 2 rings (SSSR count). The number of carbonyl (C=O) groups excluding carboxylic acids is 1. The maximum absolute atomic E-state index is 13.5. The summed E-state index contributed by atoms with van der Waals surface area (Å²) in [6, 6.07) is 2.61. The zero-order valence-electron chi connectivity index (χ0n) is 8.71. The number of aldehydes is 1. The van der Waals surface area contributed by atoms with Crippen molar-refractivity contribution in [1.29, 1.82) is 0 Å². The van der Waals surface area contributed by atoms with Crippen LogP contribution in [0.4, 0.5) is 8.78 Å². The smallest absolute Gasteiger partial charge is 0.128 e. The molecular weight excluding hydrogens is 214 g/mol. The molecule has 1 aliphatic heterocycles. The molecule has 1 aromatic rings. The van der Waals surface area contributed by atoms with Crippen molar-refractivity contribution in [2.24, 2.45) is 5.92 Å². The molecule has 0 bridgehead atoms. The third kappa shape index (κ3) is 1.83. The Bertz CT molecular complexity index is 411. The molecule has 0 radical (unpaired) electrons. The summed E-state index contributed by atoms with van der Waals surface area (Å²) in [7, 11) is 0. The molecule has 16 heavy (non-hydrogen) atoms. The van der Waals surface area contributed by atoms with E-state index < -0.39 is 23.6 Å². The second-order valence-corrected chi connectivity index (χ2v) is 3.93. The average Bonchev–Trinajstić information content (AvgIpc) is 2.63. The van der Waals surface area contributed by atoms with Gasteiger partial charge < -0.3 is 4.79 Å². The van der Waals surface area contributed by atoms with Gasteiger partial charge in [-0.05, 0) is 25.1 Å². The van der Waals surface area contributed by atoms with Crippen molar-refractivity contribution < 1.29 is 13.6 Å². The van der Waals surface area contributed by atoms with Crippen LogP contribution in [0.15, 0.2) is 18.2 Å². The van der Waals surface area contributed by atoms with Crippen LogP contribution in [0.5, 0.6) is 0 Å². The van der Waals surface area contributed by atoms with Crippen molar-refractivity contribution in [2.75, 3.05) is 0 Å². The van der Waals surface area contributed by atoms with Crippen LogP contribution in [0.3, 0.4) is 0 Å². The summed E-state index contributed by atoms with van der Waals surface area (Å²) < 4.78 is 26.5. The van der Waals surface area contributed by atoms with Crippen LogP contribution >= 0.6 is 0 Å². The summed E-state index contributed by atoms with van der Waals surface area (Å²) in [5.41, 5.74) is 5.82. The fourth-order valence-electron chi connectivity index (χ4n) is 1.94. The van der Waals surface area contributed by atoms with Crippen LogP contribution < -0.4 is 10.9 Å². The first kappa shape index (κ1) is 11.2. The van der Waals surface area contributed by atoms with Gasteiger partial charge in [-0.15, -0.1) is 0 Å². The van der Waals surface area contributed by atoms with Gasteiger partial charge in [0, 0.05) is 11.6 Å². The van der Waals surface area contributed by atoms with Crippen LogP contribution in [0.1, 0.15) is 18.5 Å². The molecule has 0 aliphatic carbocycles. The van der Waals surface area contributed by atoms with Gasteiger partial charge in [-0.3, -0.25) is 5.43 Å². The Labute approximate surface area is 91.8 Å². The number of nitrogens with one attached hydrogen (secondary N) is 2. The number of benzene rings is 1. The van der Waals surface area contributed by atoms with Crippen LogP contribution in [-0.4, -0.2) is 12.3 Å². The van der Waals surface area contributed by atoms with E-state index in [0.29, 0.717) is 0 Å². The van der Waals surface area contributed by atoms with Crippen molar-refractivity contribution >= 4 is 6.29 Å². The van der Waals surface area contributed by atoms with Crippen molar-refractivity contribution in [3.8, 4) is 0 Å². The van der Waals surface area contributed by atoms with Gasteiger partial charge in [-0.1, -0.05) is 0 Å². The Morgan fingerprint density at radius 1 is 1.31 bits per heavy atom. The summed E-state index contributed by atoms with van der Waals surface area (Å²) in [5.74, 6) is -1.43. The third-order valence-corrected chi connectivity index (χ3v) is 2.88. The number of hydrogen-bond donors (Lipinski definition) is 2. The zero-order valence-corrected chi connectivity index (χ0v) is 8.71. The first-order valence-corrected chi connectivity index (χ1v) is 5.05. The Morgan fingerprint density at radius 3 is 2.75 bits per heavy atom. The van der Waals surface area contributed by atoms with E-state index in [9.17, 15) is 13.6 Å². The largest absolute Gasteiger partial charge is 0.303 e. The quantitative estimate of drug-likeness (QED) is 0.747. The lowest BCUT2D eigenvalue weighted by Gasteiger charge is -2.16. The number of hydrogen-bond acceptors (Lipinski definition) is 3. The molecule has 1 aromatic carbocycles. The molecule has 3 nitrogen and oxygen atoms in total. The van der Waals surface area contributed by atoms with Gasteiger partial charge in [0.2, 0.25) is 0 Å². The van der Waals surface area contributed by atoms with Crippen molar-refractivity contribution in [3.05, 3.63) is 35.4 Å². The molecule has 3 atom stereocenters. The van der Waals surface area contributed by atoms with Crippen LogP contribution in [0.25, 0.3) is 0 Å². The van der Waals surface area contributed by atoms with Gasteiger partial charge in [-0.2, -0.15) is 0 Å². The van der Waals surface area contributed by atoms with Crippen molar-refractivity contribution in [2.45, 2.75) is 19.0 Å². The molecule has 86 valence electrons. The summed E-state index contributed by atoms with van der Waals surface area (Å²) in [5, 5.41) is 0. The average molecular weight is 226 g/mol. The van der Waals surface area contributed by atoms with E-state index in [1.165, 1.54) is 0 Å². The Hall–Kier alpha value is -1.33. The lowest BCUT2D eigenvalue weighted by molar-refractivity contribution is -0.111. The fourth-order valence-corrected chi connectivity index (χ4v) is 1.94. The topological polar surface area (TPSA) is 41.1 Å². The van der Waals surface area contributed by atoms with E-state index in [2.05, 4.69) is 10.9 Å². The van der Waals surface area contributed by atoms with Crippen molar-refractivity contribution in [3.63, 3.8) is 0 Å². The Morgan fingerprint density at radius 2 is 2.06 bits per heavy atom. The summed E-state index contributed by atoms with van der Waals surface area (Å²) >= 11 is 0. The lowest BCUT2D eigenvalue weighted by Crippen LogP contribution is -2.29. The van der Waals surface area contributed by atoms with Gasteiger partial charge >= 0.3 is 0 Å². The Balaban J connectivity index is 2.36. The summed E-state index contributed by atoms with van der Waals surface area (Å²) in [6.45, 7) is 1.81. The fraction of sp³-hybridized carbons (Fsp3) is 0.364. The molecule has 0 saturated carbocycles. The van der Waals surface area contributed by atoms with Crippen LogP contribution in [0.2, 0.25) is 0 Å². The van der Waals surface area contributed by atoms with Crippen LogP contribution in [-0.2, 0) is 4.79 Å². The number of carbonyl (C=O) groups is 1. The minimum Gasteiger partial charge on any atom is -0.303 e. The minimum absolute atomic E-state index is 0.106. The highest BCUT2D eigenvalue weighted by Crippen LogP contribution is 2.29. The molecule has 1 saturated heterocycles. The highest BCUT2D eigenvalue weighted by atomic mass is 19.1. The number of rotatable bonds is 2. The van der Waals surface area contributed by atoms with E-state index in [1.54, 1.807) is 0 Å². The van der Waals surface area contributed by atoms with E-state index in [4.69, 9.17) is 0 Å². The van der Waals surface area contributed by atoms with Gasteiger partial charge in [0.25, 0.3) is 0 Å². The normalized spacial score (nSPS) is 29.3. The highest BCUT2D eigenvalue weighted by Gasteiger charge is 2.35. The summed E-state index contributed by atoms with van der Waals surface area (Å²) in [6.07, 6.45) is 0.757. The molecule has 1 aliphatic rings. The molecule has 1 heterocycles. The predicted octanol–water partition coefficient (Wildman–Crippen LogP) is 1.32. The third-order valence-electron chi connectivity index (χ3n) is 2.88. The Kier molecular flexibility index (Phi) is 2.98. The monoisotopic (exact) mass is 226 g/mol. The first-order chi connectivity index (χ1) is 7.63. The molecular formula is C11H12F2N2O. The predicted molar refractivity (Wildman–Crippen MR) is 54.4 cm³/mol. The SMILES string of the molecule is CC1NNC(c2cc(F)ccc2F)C1C=O. The first-order valence-electron chi connectivity index (χ1n) is 5.05. The van der Waals surface area contributed by atoms with Gasteiger partial charge in [0.1, 0.15) is 17.9 Å². The molecule has 1 fully saturated rings. The molecule has 0 spiro atoms. The highest BCUT2D eigenvalue weighted by molar-refractivity contribution is 5.58. The number of halogens is 2. The maximum atomic E-state index is 13.5. The maximum Gasteiger partial charge on any atom is 0.128 e. The zero-order chi connectivity index (χ0) is 11.7. The second-order valence-electron chi connectivity index (χ2n) is 3.93. The molecule has 0 amide bonds. The van der Waals surface area contributed by atoms with Crippen LogP contribution in [0, 0.1) is 17.6 Å².